The maximum absolute atomic E-state index is 12.6. The number of methoxy groups -OCH3 is 1. The van der Waals surface area contributed by atoms with Crippen LogP contribution in [-0.4, -0.2) is 18.0 Å². The second-order valence-electron chi connectivity index (χ2n) is 5.34. The van der Waals surface area contributed by atoms with Gasteiger partial charge in [-0.15, -0.1) is 0 Å². The van der Waals surface area contributed by atoms with Crippen LogP contribution in [0.25, 0.3) is 0 Å². The molecule has 0 radical (unpaired) electrons. The predicted octanol–water partition coefficient (Wildman–Crippen LogP) is 2.53. The van der Waals surface area contributed by atoms with E-state index in [-0.39, 0.29) is 17.9 Å². The van der Waals surface area contributed by atoms with Crippen LogP contribution < -0.4 is 9.47 Å². The Hall–Kier alpha value is -3.40. The van der Waals surface area contributed by atoms with E-state index in [9.17, 15) is 20.2 Å². The van der Waals surface area contributed by atoms with Gasteiger partial charge in [0.1, 0.15) is 5.75 Å². The molecule has 1 heterocycles. The molecule has 7 heteroatoms. The first kappa shape index (κ1) is 15.5. The average molecular weight is 324 g/mol. The van der Waals surface area contributed by atoms with Crippen LogP contribution in [0.3, 0.4) is 0 Å². The minimum Gasteiger partial charge on any atom is -0.497 e. The Morgan fingerprint density at radius 3 is 2.75 bits per heavy atom. The Morgan fingerprint density at radius 2 is 2.08 bits per heavy atom. The Balaban J connectivity index is 2.15. The van der Waals surface area contributed by atoms with Crippen LogP contribution in [0, 0.1) is 21.4 Å². The second-order valence-corrected chi connectivity index (χ2v) is 5.34. The Kier molecular flexibility index (Phi) is 3.66. The molecular weight excluding hydrogens is 312 g/mol. The molecule has 7 nitrogen and oxygen atoms in total. The molecular formula is C17H12N2O5. The van der Waals surface area contributed by atoms with Gasteiger partial charge in [-0.2, -0.15) is 5.26 Å². The van der Waals surface area contributed by atoms with Crippen LogP contribution in [-0.2, 0) is 16.6 Å². The van der Waals surface area contributed by atoms with Gasteiger partial charge < -0.3 is 9.47 Å². The minimum absolute atomic E-state index is 0.00743. The third kappa shape index (κ3) is 2.25. The van der Waals surface area contributed by atoms with Gasteiger partial charge in [-0.3, -0.25) is 10.1 Å². The van der Waals surface area contributed by atoms with Gasteiger partial charge in [0.2, 0.25) is 5.75 Å². The zero-order valence-electron chi connectivity index (χ0n) is 12.7. The molecule has 0 N–H and O–H groups in total. The lowest BCUT2D eigenvalue weighted by atomic mass is 9.75. The van der Waals surface area contributed by atoms with Gasteiger partial charge in [0.05, 0.1) is 18.1 Å². The molecule has 0 spiro atoms. The molecule has 0 saturated carbocycles. The Bertz CT molecular complexity index is 887. The molecule has 0 saturated heterocycles. The van der Waals surface area contributed by atoms with E-state index in [4.69, 9.17) is 9.47 Å². The molecule has 2 aromatic carbocycles. The molecule has 24 heavy (non-hydrogen) atoms. The van der Waals surface area contributed by atoms with E-state index in [2.05, 4.69) is 0 Å². The van der Waals surface area contributed by atoms with E-state index in [0.29, 0.717) is 16.9 Å². The smallest absolute Gasteiger partial charge is 0.337 e. The minimum atomic E-state index is -1.57. The Morgan fingerprint density at radius 1 is 1.33 bits per heavy atom. The fourth-order valence-electron chi connectivity index (χ4n) is 2.77. The first-order chi connectivity index (χ1) is 11.5. The van der Waals surface area contributed by atoms with Crippen molar-refractivity contribution in [1.82, 2.24) is 0 Å². The first-order valence-corrected chi connectivity index (χ1v) is 7.06. The van der Waals surface area contributed by atoms with Gasteiger partial charge in [-0.05, 0) is 17.7 Å². The number of hydrogen-bond acceptors (Lipinski definition) is 6. The number of nitro benzene ring substituents is 1. The molecule has 1 unspecified atom stereocenters. The zero-order chi connectivity index (χ0) is 17.3. The normalized spacial score (nSPS) is 18.9. The Labute approximate surface area is 137 Å². The lowest BCUT2D eigenvalue weighted by molar-refractivity contribution is -0.385. The average Bonchev–Trinajstić information content (AvgIpc) is 2.60. The molecule has 0 amide bonds. The summed E-state index contributed by atoms with van der Waals surface area (Å²) in [6, 6.07) is 13.0. The van der Waals surface area contributed by atoms with Gasteiger partial charge in [0, 0.05) is 18.1 Å². The van der Waals surface area contributed by atoms with E-state index in [0.717, 1.165) is 0 Å². The van der Waals surface area contributed by atoms with Crippen LogP contribution >= 0.6 is 0 Å². The largest absolute Gasteiger partial charge is 0.497 e. The van der Waals surface area contributed by atoms with Crippen molar-refractivity contribution in [1.29, 1.82) is 5.26 Å². The summed E-state index contributed by atoms with van der Waals surface area (Å²) < 4.78 is 10.4. The van der Waals surface area contributed by atoms with Crippen molar-refractivity contribution in [3.05, 3.63) is 63.7 Å². The second kappa shape index (κ2) is 5.66. The van der Waals surface area contributed by atoms with Crippen molar-refractivity contribution in [3.8, 4) is 17.6 Å². The summed E-state index contributed by atoms with van der Waals surface area (Å²) >= 11 is 0. The fraction of sp³-hybridized carbons (Fsp3) is 0.176. The summed E-state index contributed by atoms with van der Waals surface area (Å²) in [5.74, 6) is -0.430. The van der Waals surface area contributed by atoms with Crippen molar-refractivity contribution in [3.63, 3.8) is 0 Å². The molecule has 3 rings (SSSR count). The van der Waals surface area contributed by atoms with Crippen LogP contribution in [0.1, 0.15) is 11.1 Å². The number of nitrogens with zero attached hydrogens (tertiary/aromatic N) is 2. The van der Waals surface area contributed by atoms with Crippen molar-refractivity contribution in [2.75, 3.05) is 7.11 Å². The van der Waals surface area contributed by atoms with Crippen molar-refractivity contribution < 1.29 is 19.2 Å². The van der Waals surface area contributed by atoms with Gasteiger partial charge in [-0.1, -0.05) is 24.3 Å². The van der Waals surface area contributed by atoms with Crippen LogP contribution in [0.15, 0.2) is 42.5 Å². The number of carbonyl (C=O) groups excluding carboxylic acids is 1. The molecule has 1 aliphatic rings. The van der Waals surface area contributed by atoms with Gasteiger partial charge in [0.15, 0.2) is 5.41 Å². The van der Waals surface area contributed by atoms with E-state index >= 15 is 0 Å². The highest BCUT2D eigenvalue weighted by atomic mass is 16.6. The SMILES string of the molecule is COc1cccc(C2(C#N)Cc3cccc([N+](=O)[O-])c3OC2=O)c1. The summed E-state index contributed by atoms with van der Waals surface area (Å²) in [6.07, 6.45) is -0.00743. The summed E-state index contributed by atoms with van der Waals surface area (Å²) in [5.41, 5.74) is -1.01. The number of carbonyl (C=O) groups is 1. The number of nitro groups is 1. The van der Waals surface area contributed by atoms with E-state index in [1.807, 2.05) is 6.07 Å². The van der Waals surface area contributed by atoms with Crippen molar-refractivity contribution in [2.24, 2.45) is 0 Å². The molecule has 0 fully saturated rings. The third-order valence-electron chi connectivity index (χ3n) is 4.02. The van der Waals surface area contributed by atoms with Crippen molar-refractivity contribution in [2.45, 2.75) is 11.8 Å². The van der Waals surface area contributed by atoms with Gasteiger partial charge >= 0.3 is 11.7 Å². The first-order valence-electron chi connectivity index (χ1n) is 7.06. The number of para-hydroxylation sites is 1. The molecule has 0 bridgehead atoms. The molecule has 0 aliphatic carbocycles. The quantitative estimate of drug-likeness (QED) is 0.372. The number of esters is 1. The number of ether oxygens (including phenoxy) is 2. The van der Waals surface area contributed by atoms with E-state index in [1.54, 1.807) is 30.3 Å². The van der Waals surface area contributed by atoms with Gasteiger partial charge in [0.25, 0.3) is 0 Å². The number of benzene rings is 2. The summed E-state index contributed by atoms with van der Waals surface area (Å²) in [7, 11) is 1.48. The van der Waals surface area contributed by atoms with Crippen LogP contribution in [0.2, 0.25) is 0 Å². The highest BCUT2D eigenvalue weighted by Crippen LogP contribution is 2.42. The molecule has 2 aromatic rings. The maximum Gasteiger partial charge on any atom is 0.337 e. The summed E-state index contributed by atoms with van der Waals surface area (Å²) in [6.45, 7) is 0. The monoisotopic (exact) mass is 324 g/mol. The number of rotatable bonds is 3. The third-order valence-corrected chi connectivity index (χ3v) is 4.02. The van der Waals surface area contributed by atoms with E-state index in [1.165, 1.54) is 19.2 Å². The standard InChI is InChI=1S/C17H12N2O5/c1-23-13-6-3-5-12(8-13)17(10-18)9-11-4-2-7-14(19(21)22)15(11)24-16(17)20/h2-8H,9H2,1H3. The topological polar surface area (TPSA) is 102 Å². The lowest BCUT2D eigenvalue weighted by Crippen LogP contribution is -2.43. The summed E-state index contributed by atoms with van der Waals surface area (Å²) in [4.78, 5) is 23.1. The number of hydrogen-bond donors (Lipinski definition) is 0. The van der Waals surface area contributed by atoms with Gasteiger partial charge in [-0.25, -0.2) is 4.79 Å². The van der Waals surface area contributed by atoms with Crippen LogP contribution in [0.5, 0.6) is 11.5 Å². The molecule has 1 atom stereocenters. The highest BCUT2D eigenvalue weighted by molar-refractivity contribution is 5.92. The zero-order valence-corrected chi connectivity index (χ0v) is 12.7. The van der Waals surface area contributed by atoms with Crippen LogP contribution in [0.4, 0.5) is 5.69 Å². The fourth-order valence-corrected chi connectivity index (χ4v) is 2.77. The number of nitriles is 1. The summed E-state index contributed by atoms with van der Waals surface area (Å²) in [5, 5.41) is 20.8. The van der Waals surface area contributed by atoms with Crippen molar-refractivity contribution >= 4 is 11.7 Å². The molecule has 1 aliphatic heterocycles. The highest BCUT2D eigenvalue weighted by Gasteiger charge is 2.48. The molecule has 120 valence electrons. The van der Waals surface area contributed by atoms with E-state index < -0.39 is 16.3 Å². The molecule has 0 aromatic heterocycles. The maximum atomic E-state index is 12.6. The number of fused-ring (bicyclic) bond motifs is 1. The lowest BCUT2D eigenvalue weighted by Gasteiger charge is -2.30. The predicted molar refractivity (Wildman–Crippen MR) is 82.7 cm³/mol.